The molecule has 2 aromatic carbocycles. The molecular weight excluding hydrogens is 486 g/mol. The highest BCUT2D eigenvalue weighted by Gasteiger charge is 2.27. The number of carboxylic acids is 1. The van der Waals surface area contributed by atoms with Crippen LogP contribution in [0.3, 0.4) is 0 Å². The van der Waals surface area contributed by atoms with Crippen LogP contribution in [0.2, 0.25) is 0 Å². The first kappa shape index (κ1) is 26.6. The molecule has 36 heavy (non-hydrogen) atoms. The number of pyridine rings is 1. The van der Waals surface area contributed by atoms with Crippen LogP contribution in [0.5, 0.6) is 23.0 Å². The Labute approximate surface area is 210 Å². The van der Waals surface area contributed by atoms with Crippen molar-refractivity contribution in [2.75, 3.05) is 28.4 Å². The molecule has 0 radical (unpaired) electrons. The number of sulfone groups is 1. The second-order valence-electron chi connectivity index (χ2n) is 7.68. The van der Waals surface area contributed by atoms with Crippen molar-refractivity contribution in [1.29, 1.82) is 0 Å². The van der Waals surface area contributed by atoms with E-state index in [1.54, 1.807) is 54.9 Å². The third kappa shape index (κ3) is 6.14. The molecule has 190 valence electrons. The summed E-state index contributed by atoms with van der Waals surface area (Å²) in [4.78, 5) is 12.0. The average molecular weight is 514 g/mol. The Bertz CT molecular complexity index is 1330. The number of carboxylic acid groups (broad SMARTS) is 1. The van der Waals surface area contributed by atoms with Gasteiger partial charge in [-0.1, -0.05) is 12.1 Å². The third-order valence-corrected chi connectivity index (χ3v) is 6.70. The van der Waals surface area contributed by atoms with Crippen LogP contribution in [0.25, 0.3) is 6.08 Å². The zero-order valence-electron chi connectivity index (χ0n) is 20.3. The normalized spacial score (nSPS) is 12.2. The summed E-state index contributed by atoms with van der Waals surface area (Å²) in [6, 6.07) is 11.8. The molecule has 0 spiro atoms. The minimum atomic E-state index is -3.78. The number of rotatable bonds is 11. The van der Waals surface area contributed by atoms with Crippen molar-refractivity contribution in [1.82, 2.24) is 0 Å². The van der Waals surface area contributed by atoms with Gasteiger partial charge in [0.25, 0.3) is 0 Å². The van der Waals surface area contributed by atoms with E-state index in [9.17, 15) is 18.3 Å². The molecule has 0 bridgehead atoms. The third-order valence-electron chi connectivity index (χ3n) is 5.41. The lowest BCUT2D eigenvalue weighted by Gasteiger charge is -2.17. The van der Waals surface area contributed by atoms with Gasteiger partial charge in [0.2, 0.25) is 6.04 Å². The molecule has 0 fully saturated rings. The predicted molar refractivity (Wildman–Crippen MR) is 131 cm³/mol. The first-order chi connectivity index (χ1) is 17.2. The summed E-state index contributed by atoms with van der Waals surface area (Å²) in [5, 5.41) is 13.1. The SMILES string of the molecule is COc1cc(OC)c(C=CS(=O)(=O)Cc2ccc(OC)c(C(C(=O)[O-])[n+]3ccccc3)c2)c(OC)c1. The van der Waals surface area contributed by atoms with Crippen LogP contribution in [0.15, 0.2) is 66.3 Å². The summed E-state index contributed by atoms with van der Waals surface area (Å²) in [6.07, 6.45) is 4.56. The maximum absolute atomic E-state index is 13.0. The number of aliphatic carboxylic acids is 1. The topological polar surface area (TPSA) is 115 Å². The van der Waals surface area contributed by atoms with Crippen molar-refractivity contribution in [2.45, 2.75) is 11.8 Å². The van der Waals surface area contributed by atoms with Gasteiger partial charge in [-0.3, -0.25) is 0 Å². The summed E-state index contributed by atoms with van der Waals surface area (Å²) < 4.78 is 48.7. The van der Waals surface area contributed by atoms with Gasteiger partial charge in [-0.05, 0) is 23.8 Å². The fourth-order valence-corrected chi connectivity index (χ4v) is 4.81. The Hall–Kier alpha value is -4.05. The summed E-state index contributed by atoms with van der Waals surface area (Å²) in [5.41, 5.74) is 1.08. The standard InChI is InChI=1S/C26H27NO8S/c1-32-19-15-23(34-3)20(24(16-19)35-4)10-13-36(30,31)17-18-8-9-22(33-2)21(14-18)25(26(28)29)27-11-6-5-7-12-27/h5-16,25H,17H2,1-4H3. The number of aromatic nitrogens is 1. The lowest BCUT2D eigenvalue weighted by molar-refractivity contribution is -0.707. The summed E-state index contributed by atoms with van der Waals surface area (Å²) >= 11 is 0. The second kappa shape index (κ2) is 11.6. The molecule has 0 amide bonds. The average Bonchev–Trinajstić information content (AvgIpc) is 2.87. The second-order valence-corrected chi connectivity index (χ2v) is 9.56. The lowest BCUT2D eigenvalue weighted by Crippen LogP contribution is -2.49. The largest absolute Gasteiger partial charge is 0.543 e. The van der Waals surface area contributed by atoms with Crippen molar-refractivity contribution in [3.8, 4) is 23.0 Å². The first-order valence-corrected chi connectivity index (χ1v) is 12.5. The number of nitrogens with zero attached hydrogens (tertiary/aromatic N) is 1. The van der Waals surface area contributed by atoms with E-state index in [-0.39, 0.29) is 11.3 Å². The van der Waals surface area contributed by atoms with Gasteiger partial charge in [-0.2, -0.15) is 4.57 Å². The number of hydrogen-bond donors (Lipinski definition) is 0. The number of hydrogen-bond acceptors (Lipinski definition) is 8. The first-order valence-electron chi connectivity index (χ1n) is 10.8. The van der Waals surface area contributed by atoms with E-state index in [0.29, 0.717) is 34.1 Å². The van der Waals surface area contributed by atoms with Crippen LogP contribution >= 0.6 is 0 Å². The minimum absolute atomic E-state index is 0.267. The molecule has 1 unspecified atom stereocenters. The van der Waals surface area contributed by atoms with E-state index in [1.807, 2.05) is 0 Å². The Balaban J connectivity index is 1.97. The van der Waals surface area contributed by atoms with Crippen molar-refractivity contribution >= 4 is 21.9 Å². The molecule has 0 saturated heterocycles. The van der Waals surface area contributed by atoms with Crippen molar-refractivity contribution in [3.63, 3.8) is 0 Å². The number of methoxy groups -OCH3 is 4. The van der Waals surface area contributed by atoms with Gasteiger partial charge < -0.3 is 28.8 Å². The number of carbonyl (C=O) groups is 1. The van der Waals surface area contributed by atoms with Crippen LogP contribution in [-0.4, -0.2) is 42.8 Å². The quantitative estimate of drug-likeness (QED) is 0.357. The summed E-state index contributed by atoms with van der Waals surface area (Å²) in [6.45, 7) is 0. The van der Waals surface area contributed by atoms with Crippen molar-refractivity contribution in [3.05, 3.63) is 83.0 Å². The highest BCUT2D eigenvalue weighted by molar-refractivity contribution is 7.93. The monoisotopic (exact) mass is 513 g/mol. The van der Waals surface area contributed by atoms with Gasteiger partial charge in [0, 0.05) is 29.7 Å². The molecule has 0 aliphatic carbocycles. The van der Waals surface area contributed by atoms with Gasteiger partial charge in [0.1, 0.15) is 29.0 Å². The van der Waals surface area contributed by atoms with Gasteiger partial charge in [-0.25, -0.2) is 8.42 Å². The Kier molecular flexibility index (Phi) is 8.55. The number of benzene rings is 2. The Morgan fingerprint density at radius 1 is 0.917 bits per heavy atom. The van der Waals surface area contributed by atoms with Crippen LogP contribution in [0.1, 0.15) is 22.7 Å². The van der Waals surface area contributed by atoms with Crippen molar-refractivity contribution in [2.24, 2.45) is 0 Å². The molecule has 0 N–H and O–H groups in total. The van der Waals surface area contributed by atoms with E-state index in [4.69, 9.17) is 18.9 Å². The van der Waals surface area contributed by atoms with Crippen LogP contribution in [0.4, 0.5) is 0 Å². The molecular formula is C26H27NO8S. The van der Waals surface area contributed by atoms with Crippen LogP contribution in [-0.2, 0) is 20.4 Å². The highest BCUT2D eigenvalue weighted by Crippen LogP contribution is 2.35. The summed E-state index contributed by atoms with van der Waals surface area (Å²) in [7, 11) is 2.04. The van der Waals surface area contributed by atoms with Gasteiger partial charge >= 0.3 is 0 Å². The zero-order chi connectivity index (χ0) is 26.3. The molecule has 3 aromatic rings. The van der Waals surface area contributed by atoms with Gasteiger partial charge in [0.05, 0.1) is 45.3 Å². The fraction of sp³-hybridized carbons (Fsp3) is 0.231. The van der Waals surface area contributed by atoms with E-state index in [0.717, 1.165) is 5.41 Å². The zero-order valence-corrected chi connectivity index (χ0v) is 21.2. The highest BCUT2D eigenvalue weighted by atomic mass is 32.2. The van der Waals surface area contributed by atoms with E-state index in [1.165, 1.54) is 45.1 Å². The minimum Gasteiger partial charge on any atom is -0.543 e. The maximum Gasteiger partial charge on any atom is 0.226 e. The molecule has 0 saturated carbocycles. The lowest BCUT2D eigenvalue weighted by atomic mass is 10.0. The van der Waals surface area contributed by atoms with E-state index >= 15 is 0 Å². The number of ether oxygens (including phenoxy) is 4. The molecule has 0 aliphatic rings. The predicted octanol–water partition coefficient (Wildman–Crippen LogP) is 1.93. The van der Waals surface area contributed by atoms with Crippen LogP contribution < -0.4 is 28.6 Å². The molecule has 3 rings (SSSR count). The Morgan fingerprint density at radius 3 is 2.06 bits per heavy atom. The molecule has 1 heterocycles. The van der Waals surface area contributed by atoms with Crippen molar-refractivity contribution < 1.29 is 41.8 Å². The smallest absolute Gasteiger partial charge is 0.226 e. The molecule has 9 nitrogen and oxygen atoms in total. The van der Waals surface area contributed by atoms with Gasteiger partial charge in [-0.15, -0.1) is 0 Å². The molecule has 1 aromatic heterocycles. The molecule has 10 heteroatoms. The van der Waals surface area contributed by atoms with E-state index < -0.39 is 21.8 Å². The van der Waals surface area contributed by atoms with E-state index in [2.05, 4.69) is 0 Å². The maximum atomic E-state index is 13.0. The molecule has 0 aliphatic heterocycles. The fourth-order valence-electron chi connectivity index (χ4n) is 3.73. The van der Waals surface area contributed by atoms with Crippen LogP contribution in [0, 0.1) is 0 Å². The summed E-state index contributed by atoms with van der Waals surface area (Å²) in [5.74, 6) is -0.191. The molecule has 1 atom stereocenters. The number of carbonyl (C=O) groups excluding carboxylic acids is 1. The Morgan fingerprint density at radius 2 is 1.53 bits per heavy atom. The van der Waals surface area contributed by atoms with Gasteiger partial charge in [0.15, 0.2) is 22.2 Å².